The molecule has 0 N–H and O–H groups in total. The Bertz CT molecular complexity index is 814. The highest BCUT2D eigenvalue weighted by atomic mass is 32.2. The van der Waals surface area contributed by atoms with Crippen LogP contribution in [0.4, 0.5) is 5.69 Å². The number of hydrogen-bond donors (Lipinski definition) is 0. The number of nitro groups is 1. The highest BCUT2D eigenvalue weighted by Gasteiger charge is 2.10. The Morgan fingerprint density at radius 3 is 2.90 bits per heavy atom. The van der Waals surface area contributed by atoms with Gasteiger partial charge in [0.05, 0.1) is 15.1 Å². The molecule has 2 aromatic carbocycles. The van der Waals surface area contributed by atoms with Crippen LogP contribution in [0.25, 0.3) is 10.2 Å². The van der Waals surface area contributed by atoms with Crippen LogP contribution in [0, 0.1) is 17.0 Å². The van der Waals surface area contributed by atoms with Crippen LogP contribution in [0.3, 0.4) is 0 Å². The first-order valence-corrected chi connectivity index (χ1v) is 8.15. The molecule has 3 rings (SSSR count). The number of thiazole rings is 1. The monoisotopic (exact) mass is 316 g/mol. The number of fused-ring (bicyclic) bond motifs is 1. The molecule has 0 bridgehead atoms. The van der Waals surface area contributed by atoms with Gasteiger partial charge in [-0.15, -0.1) is 11.3 Å². The molecule has 1 aromatic heterocycles. The molecule has 0 saturated heterocycles. The van der Waals surface area contributed by atoms with E-state index in [1.165, 1.54) is 28.5 Å². The topological polar surface area (TPSA) is 56.0 Å². The number of hydrogen-bond acceptors (Lipinski definition) is 5. The fourth-order valence-electron chi connectivity index (χ4n) is 2.01. The van der Waals surface area contributed by atoms with Gasteiger partial charge in [0.1, 0.15) is 0 Å². The van der Waals surface area contributed by atoms with Crippen molar-refractivity contribution >= 4 is 39.0 Å². The second-order valence-corrected chi connectivity index (χ2v) is 6.92. The van der Waals surface area contributed by atoms with Gasteiger partial charge in [0, 0.05) is 17.9 Å². The summed E-state index contributed by atoms with van der Waals surface area (Å²) in [6.45, 7) is 2.07. The van der Waals surface area contributed by atoms with Gasteiger partial charge in [0.2, 0.25) is 0 Å². The van der Waals surface area contributed by atoms with E-state index in [9.17, 15) is 10.1 Å². The van der Waals surface area contributed by atoms with Crippen LogP contribution >= 0.6 is 23.1 Å². The van der Waals surface area contributed by atoms with E-state index < -0.39 is 0 Å². The molecule has 4 nitrogen and oxygen atoms in total. The first-order valence-electron chi connectivity index (χ1n) is 6.35. The number of rotatable bonds is 4. The Morgan fingerprint density at radius 1 is 1.29 bits per heavy atom. The minimum atomic E-state index is -0.376. The zero-order valence-electron chi connectivity index (χ0n) is 11.3. The van der Waals surface area contributed by atoms with Crippen LogP contribution in [-0.4, -0.2) is 9.91 Å². The quantitative estimate of drug-likeness (QED) is 0.394. The number of nitro benzene ring substituents is 1. The molecule has 3 aromatic rings. The lowest BCUT2D eigenvalue weighted by Crippen LogP contribution is -1.85. The molecule has 0 aliphatic carbocycles. The van der Waals surface area contributed by atoms with Gasteiger partial charge < -0.3 is 0 Å². The van der Waals surface area contributed by atoms with Crippen molar-refractivity contribution in [3.8, 4) is 0 Å². The van der Waals surface area contributed by atoms with Gasteiger partial charge in [-0.2, -0.15) is 0 Å². The maximum Gasteiger partial charge on any atom is 0.270 e. The Morgan fingerprint density at radius 2 is 2.14 bits per heavy atom. The summed E-state index contributed by atoms with van der Waals surface area (Å²) in [5.41, 5.74) is 3.43. The first kappa shape index (κ1) is 14.0. The molecule has 0 aliphatic heterocycles. The molecule has 0 unspecified atom stereocenters. The van der Waals surface area contributed by atoms with Crippen LogP contribution in [0.2, 0.25) is 0 Å². The van der Waals surface area contributed by atoms with E-state index in [-0.39, 0.29) is 10.6 Å². The maximum atomic E-state index is 10.8. The van der Waals surface area contributed by atoms with E-state index in [1.807, 2.05) is 6.07 Å². The third-order valence-corrected chi connectivity index (χ3v) is 5.24. The second-order valence-electron chi connectivity index (χ2n) is 4.67. The lowest BCUT2D eigenvalue weighted by molar-refractivity contribution is -0.384. The molecule has 0 aliphatic rings. The average molecular weight is 316 g/mol. The Kier molecular flexibility index (Phi) is 3.90. The highest BCUT2D eigenvalue weighted by Crippen LogP contribution is 2.33. The van der Waals surface area contributed by atoms with Gasteiger partial charge in [-0.3, -0.25) is 10.1 Å². The Balaban J connectivity index is 1.80. The zero-order valence-corrected chi connectivity index (χ0v) is 12.9. The molecular formula is C15H12N2O2S2. The molecule has 0 saturated carbocycles. The van der Waals surface area contributed by atoms with Crippen LogP contribution in [-0.2, 0) is 5.75 Å². The minimum Gasteiger partial charge on any atom is -0.258 e. The third-order valence-electron chi connectivity index (χ3n) is 3.01. The Labute approximate surface area is 130 Å². The van der Waals surface area contributed by atoms with Crippen molar-refractivity contribution in [3.05, 3.63) is 63.7 Å². The molecule has 21 heavy (non-hydrogen) atoms. The first-order chi connectivity index (χ1) is 10.1. The van der Waals surface area contributed by atoms with Crippen LogP contribution in [0.5, 0.6) is 0 Å². The molecule has 0 atom stereocenters. The largest absolute Gasteiger partial charge is 0.270 e. The van der Waals surface area contributed by atoms with E-state index >= 15 is 0 Å². The number of thioether (sulfide) groups is 1. The van der Waals surface area contributed by atoms with Gasteiger partial charge >= 0.3 is 0 Å². The fraction of sp³-hybridized carbons (Fsp3) is 0.133. The van der Waals surface area contributed by atoms with Gasteiger partial charge in [-0.25, -0.2) is 4.98 Å². The summed E-state index contributed by atoms with van der Waals surface area (Å²) >= 11 is 3.16. The lowest BCUT2D eigenvalue weighted by atomic mass is 10.2. The molecule has 0 radical (unpaired) electrons. The van der Waals surface area contributed by atoms with Gasteiger partial charge in [-0.1, -0.05) is 41.6 Å². The van der Waals surface area contributed by atoms with E-state index in [1.54, 1.807) is 23.9 Å². The summed E-state index contributed by atoms with van der Waals surface area (Å²) in [6, 6.07) is 13.2. The molecular weight excluding hydrogens is 304 g/mol. The highest BCUT2D eigenvalue weighted by molar-refractivity contribution is 8.00. The predicted octanol–water partition coefficient (Wildman–Crippen LogP) is 4.81. The van der Waals surface area contributed by atoms with Crippen LogP contribution in [0.1, 0.15) is 11.1 Å². The summed E-state index contributed by atoms with van der Waals surface area (Å²) in [5.74, 6) is 0.851. The molecule has 0 fully saturated rings. The number of non-ortho nitro benzene ring substituents is 1. The van der Waals surface area contributed by atoms with E-state index in [0.717, 1.165) is 20.3 Å². The maximum absolute atomic E-state index is 10.8. The normalized spacial score (nSPS) is 10.9. The van der Waals surface area contributed by atoms with Gasteiger partial charge in [-0.05, 0) is 18.6 Å². The smallest absolute Gasteiger partial charge is 0.258 e. The van der Waals surface area contributed by atoms with E-state index in [4.69, 9.17) is 0 Å². The van der Waals surface area contributed by atoms with Crippen molar-refractivity contribution in [3.63, 3.8) is 0 Å². The van der Waals surface area contributed by atoms with Crippen molar-refractivity contribution in [2.24, 2.45) is 0 Å². The second kappa shape index (κ2) is 5.83. The molecule has 0 spiro atoms. The average Bonchev–Trinajstić information content (AvgIpc) is 2.87. The summed E-state index contributed by atoms with van der Waals surface area (Å²) < 4.78 is 1.79. The number of aryl methyl sites for hydroxylation is 1. The van der Waals surface area contributed by atoms with E-state index in [0.29, 0.717) is 0 Å². The third kappa shape index (κ3) is 3.22. The van der Waals surface area contributed by atoms with E-state index in [2.05, 4.69) is 30.1 Å². The van der Waals surface area contributed by atoms with Crippen LogP contribution in [0.15, 0.2) is 46.8 Å². The fourth-order valence-corrected chi connectivity index (χ4v) is 4.06. The van der Waals surface area contributed by atoms with Gasteiger partial charge in [0.15, 0.2) is 4.34 Å². The van der Waals surface area contributed by atoms with Crippen molar-refractivity contribution in [1.82, 2.24) is 4.98 Å². The van der Waals surface area contributed by atoms with Gasteiger partial charge in [0.25, 0.3) is 5.69 Å². The molecule has 0 amide bonds. The van der Waals surface area contributed by atoms with Crippen molar-refractivity contribution in [1.29, 1.82) is 0 Å². The number of aromatic nitrogens is 1. The van der Waals surface area contributed by atoms with Crippen molar-refractivity contribution < 1.29 is 4.92 Å². The summed E-state index contributed by atoms with van der Waals surface area (Å²) in [4.78, 5) is 14.9. The summed E-state index contributed by atoms with van der Waals surface area (Å²) in [7, 11) is 0. The SMILES string of the molecule is Cc1cccc(CSc2nc3ccc([N+](=O)[O-])cc3s2)c1. The van der Waals surface area contributed by atoms with Crippen molar-refractivity contribution in [2.45, 2.75) is 17.0 Å². The summed E-state index contributed by atoms with van der Waals surface area (Å²) in [6.07, 6.45) is 0. The number of nitrogens with zero attached hydrogens (tertiary/aromatic N) is 2. The number of benzene rings is 2. The standard InChI is InChI=1S/C15H12N2O2S2/c1-10-3-2-4-11(7-10)9-20-15-16-13-6-5-12(17(18)19)8-14(13)21-15/h2-8H,9H2,1H3. The summed E-state index contributed by atoms with van der Waals surface area (Å²) in [5, 5.41) is 10.8. The van der Waals surface area contributed by atoms with Crippen LogP contribution < -0.4 is 0 Å². The van der Waals surface area contributed by atoms with Crippen molar-refractivity contribution in [2.75, 3.05) is 0 Å². The Hall–Kier alpha value is -1.92. The molecule has 6 heteroatoms. The molecule has 1 heterocycles. The minimum absolute atomic E-state index is 0.112. The zero-order chi connectivity index (χ0) is 14.8. The molecule has 106 valence electrons. The predicted molar refractivity (Wildman–Crippen MR) is 87.0 cm³/mol. The lowest BCUT2D eigenvalue weighted by Gasteiger charge is -1.99.